The van der Waals surface area contributed by atoms with Crippen LogP contribution in [-0.4, -0.2) is 0 Å². The van der Waals surface area contributed by atoms with Crippen LogP contribution in [0.25, 0.3) is 0 Å². The van der Waals surface area contributed by atoms with E-state index in [4.69, 9.17) is 0 Å². The zero-order valence-corrected chi connectivity index (χ0v) is 28.7. The molecule has 2 fully saturated rings. The van der Waals surface area contributed by atoms with E-state index in [1.165, 1.54) is 115 Å². The molecule has 0 nitrogen and oxygen atoms in total. The fourth-order valence-electron chi connectivity index (χ4n) is 9.01. The summed E-state index contributed by atoms with van der Waals surface area (Å²) < 4.78 is 0. The Balaban J connectivity index is 1.04. The molecule has 43 heavy (non-hydrogen) atoms. The third kappa shape index (κ3) is 9.58. The highest BCUT2D eigenvalue weighted by Crippen LogP contribution is 2.39. The van der Waals surface area contributed by atoms with Crippen LogP contribution >= 0.6 is 0 Å². The molecule has 2 saturated carbocycles. The van der Waals surface area contributed by atoms with Gasteiger partial charge in [0.15, 0.2) is 0 Å². The van der Waals surface area contributed by atoms with Gasteiger partial charge in [0.05, 0.1) is 0 Å². The molecule has 0 saturated heterocycles. The van der Waals surface area contributed by atoms with Gasteiger partial charge < -0.3 is 0 Å². The molecule has 0 amide bonds. The molecule has 0 radical (unpaired) electrons. The average Bonchev–Trinajstić information content (AvgIpc) is 3.33. The minimum Gasteiger partial charge on any atom is -0.0707 e. The Morgan fingerprint density at radius 3 is 1.84 bits per heavy atom. The van der Waals surface area contributed by atoms with Crippen LogP contribution < -0.4 is 0 Å². The van der Waals surface area contributed by atoms with Crippen molar-refractivity contribution in [2.75, 3.05) is 0 Å². The lowest BCUT2D eigenvalue weighted by Gasteiger charge is -2.26. The van der Waals surface area contributed by atoms with Gasteiger partial charge in [-0.1, -0.05) is 120 Å². The van der Waals surface area contributed by atoms with Gasteiger partial charge >= 0.3 is 0 Å². The van der Waals surface area contributed by atoms with Crippen molar-refractivity contribution in [3.05, 3.63) is 81.9 Å². The Kier molecular flexibility index (Phi) is 12.1. The molecule has 6 unspecified atom stereocenters. The van der Waals surface area contributed by atoms with Crippen molar-refractivity contribution < 1.29 is 0 Å². The largest absolute Gasteiger partial charge is 0.0707 e. The molecule has 3 aliphatic rings. The predicted molar refractivity (Wildman–Crippen MR) is 188 cm³/mol. The number of hydrogen-bond acceptors (Lipinski definition) is 0. The molecule has 0 heterocycles. The van der Waals surface area contributed by atoms with Crippen LogP contribution in [0.2, 0.25) is 0 Å². The van der Waals surface area contributed by atoms with Crippen molar-refractivity contribution in [3.8, 4) is 0 Å². The number of rotatable bonds is 12. The SMILES string of the molecule is CC1CCC(c2ccc(CC3CCCC(Cc4ccc(CC(C)C(C)CCC5=C(C(C)C)CCCC5)cc4)CC3)cc2)C1. The van der Waals surface area contributed by atoms with Gasteiger partial charge in [-0.3, -0.25) is 0 Å². The smallest absolute Gasteiger partial charge is 0.0159 e. The highest BCUT2D eigenvalue weighted by molar-refractivity contribution is 5.27. The standard InChI is InChI=1S/C43H64/c1-31(2)43-12-7-6-11-41(43)24-14-33(4)34(5)28-37-17-19-38(20-18-37)29-35-9-8-10-36(16-15-35)30-39-21-25-40(26-22-39)42-23-13-32(3)27-42/h17-22,25-26,31-36,42H,6-16,23-24,27-30H2,1-5H3. The van der Waals surface area contributed by atoms with E-state index in [0.29, 0.717) is 0 Å². The van der Waals surface area contributed by atoms with Crippen LogP contribution in [0.5, 0.6) is 0 Å². The molecule has 0 N–H and O–H groups in total. The fraction of sp³-hybridized carbons (Fsp3) is 0.674. The van der Waals surface area contributed by atoms with Crippen molar-refractivity contribution in [2.24, 2.45) is 35.5 Å². The highest BCUT2D eigenvalue weighted by atomic mass is 14.3. The van der Waals surface area contributed by atoms with E-state index in [-0.39, 0.29) is 0 Å². The van der Waals surface area contributed by atoms with Crippen molar-refractivity contribution >= 4 is 0 Å². The summed E-state index contributed by atoms with van der Waals surface area (Å²) in [5, 5.41) is 0. The molecular formula is C43H64. The Labute approximate surface area is 266 Å². The van der Waals surface area contributed by atoms with Gasteiger partial charge in [-0.05, 0) is 147 Å². The summed E-state index contributed by atoms with van der Waals surface area (Å²) >= 11 is 0. The molecule has 0 bridgehead atoms. The van der Waals surface area contributed by atoms with E-state index in [2.05, 4.69) is 83.1 Å². The molecule has 236 valence electrons. The summed E-state index contributed by atoms with van der Waals surface area (Å²) in [6.07, 6.45) is 23.3. The zero-order chi connectivity index (χ0) is 30.2. The van der Waals surface area contributed by atoms with Crippen LogP contribution in [0.1, 0.15) is 153 Å². The van der Waals surface area contributed by atoms with E-state index in [1.807, 2.05) is 5.57 Å². The lowest BCUT2D eigenvalue weighted by atomic mass is 9.80. The van der Waals surface area contributed by atoms with E-state index in [1.54, 1.807) is 22.3 Å². The molecule has 5 rings (SSSR count). The Morgan fingerprint density at radius 1 is 0.628 bits per heavy atom. The molecular weight excluding hydrogens is 516 g/mol. The third-order valence-corrected chi connectivity index (χ3v) is 12.2. The van der Waals surface area contributed by atoms with Crippen LogP contribution in [-0.2, 0) is 19.3 Å². The second-order valence-corrected chi connectivity index (χ2v) is 16.0. The van der Waals surface area contributed by atoms with Gasteiger partial charge in [0.1, 0.15) is 0 Å². The second-order valence-electron chi connectivity index (χ2n) is 16.0. The van der Waals surface area contributed by atoms with Crippen LogP contribution in [0.15, 0.2) is 59.7 Å². The third-order valence-electron chi connectivity index (χ3n) is 12.2. The summed E-state index contributed by atoms with van der Waals surface area (Å²) in [6, 6.07) is 19.7. The number of benzene rings is 2. The number of hydrogen-bond donors (Lipinski definition) is 0. The lowest BCUT2D eigenvalue weighted by molar-refractivity contribution is 0.358. The first-order chi connectivity index (χ1) is 20.8. The Morgan fingerprint density at radius 2 is 1.23 bits per heavy atom. The van der Waals surface area contributed by atoms with Gasteiger partial charge in [-0.2, -0.15) is 0 Å². The van der Waals surface area contributed by atoms with Gasteiger partial charge in [-0.25, -0.2) is 0 Å². The molecule has 2 aromatic rings. The van der Waals surface area contributed by atoms with Gasteiger partial charge in [0, 0.05) is 0 Å². The highest BCUT2D eigenvalue weighted by Gasteiger charge is 2.24. The van der Waals surface area contributed by atoms with E-state index in [9.17, 15) is 0 Å². The molecule has 2 aromatic carbocycles. The van der Waals surface area contributed by atoms with Crippen molar-refractivity contribution in [1.29, 1.82) is 0 Å². The second kappa shape index (κ2) is 16.0. The monoisotopic (exact) mass is 581 g/mol. The minimum atomic E-state index is 0.744. The van der Waals surface area contributed by atoms with Crippen molar-refractivity contribution in [1.82, 2.24) is 0 Å². The summed E-state index contributed by atoms with van der Waals surface area (Å²) in [7, 11) is 0. The topological polar surface area (TPSA) is 0 Å². The first kappa shape index (κ1) is 32.6. The zero-order valence-electron chi connectivity index (χ0n) is 28.7. The summed E-state index contributed by atoms with van der Waals surface area (Å²) in [5.41, 5.74) is 9.88. The van der Waals surface area contributed by atoms with Crippen LogP contribution in [0.4, 0.5) is 0 Å². The summed E-state index contributed by atoms with van der Waals surface area (Å²) in [5.74, 6) is 5.75. The Bertz CT molecular complexity index is 1130. The summed E-state index contributed by atoms with van der Waals surface area (Å²) in [6.45, 7) is 12.2. The molecule has 6 atom stereocenters. The quantitative estimate of drug-likeness (QED) is 0.173. The van der Waals surface area contributed by atoms with E-state index < -0.39 is 0 Å². The maximum Gasteiger partial charge on any atom is -0.0159 e. The van der Waals surface area contributed by atoms with Crippen LogP contribution in [0, 0.1) is 35.5 Å². The molecule has 0 aromatic heterocycles. The van der Waals surface area contributed by atoms with E-state index in [0.717, 1.165) is 41.4 Å². The maximum atomic E-state index is 2.50. The first-order valence-electron chi connectivity index (χ1n) is 18.7. The normalized spacial score (nSPS) is 26.5. The average molecular weight is 581 g/mol. The van der Waals surface area contributed by atoms with Gasteiger partial charge in [0.25, 0.3) is 0 Å². The first-order valence-corrected chi connectivity index (χ1v) is 18.7. The molecule has 0 heteroatoms. The van der Waals surface area contributed by atoms with Crippen molar-refractivity contribution in [2.45, 2.75) is 150 Å². The van der Waals surface area contributed by atoms with Gasteiger partial charge in [0.2, 0.25) is 0 Å². The van der Waals surface area contributed by atoms with E-state index >= 15 is 0 Å². The Hall–Kier alpha value is -1.82. The lowest BCUT2D eigenvalue weighted by Crippen LogP contribution is -2.13. The predicted octanol–water partition coefficient (Wildman–Crippen LogP) is 12.7. The number of allylic oxidation sites excluding steroid dienone is 2. The molecule has 0 spiro atoms. The molecule has 0 aliphatic heterocycles. The maximum absolute atomic E-state index is 2.50. The van der Waals surface area contributed by atoms with Gasteiger partial charge in [-0.15, -0.1) is 0 Å². The van der Waals surface area contributed by atoms with Crippen molar-refractivity contribution in [3.63, 3.8) is 0 Å². The minimum absolute atomic E-state index is 0.744. The van der Waals surface area contributed by atoms with Crippen LogP contribution in [0.3, 0.4) is 0 Å². The molecule has 3 aliphatic carbocycles. The summed E-state index contributed by atoms with van der Waals surface area (Å²) in [4.78, 5) is 0. The fourth-order valence-corrected chi connectivity index (χ4v) is 9.01.